The number of rotatable bonds is 5. The Morgan fingerprint density at radius 2 is 1.71 bits per heavy atom. The molecule has 0 fully saturated rings. The summed E-state index contributed by atoms with van der Waals surface area (Å²) in [5.41, 5.74) is 2.71. The van der Waals surface area contributed by atoms with Crippen molar-refractivity contribution in [3.63, 3.8) is 0 Å². The van der Waals surface area contributed by atoms with E-state index in [1.165, 1.54) is 11.1 Å². The summed E-state index contributed by atoms with van der Waals surface area (Å²) in [5.74, 6) is 0.135. The number of nitrogens with one attached hydrogen (secondary N) is 1. The average molecular weight is 290 g/mol. The normalized spacial score (nSPS) is 14.6. The fourth-order valence-electron chi connectivity index (χ4n) is 2.30. The predicted molar refractivity (Wildman–Crippen MR) is 89.5 cm³/mol. The van der Waals surface area contributed by atoms with E-state index in [0.717, 1.165) is 6.54 Å². The van der Waals surface area contributed by atoms with Crippen molar-refractivity contribution in [1.82, 2.24) is 10.2 Å². The fourth-order valence-corrected chi connectivity index (χ4v) is 2.30. The van der Waals surface area contributed by atoms with Gasteiger partial charge in [0, 0.05) is 19.6 Å². The van der Waals surface area contributed by atoms with Gasteiger partial charge in [-0.15, -0.1) is 0 Å². The highest BCUT2D eigenvalue weighted by Gasteiger charge is 2.19. The maximum Gasteiger partial charge on any atom is 0.239 e. The predicted octanol–water partition coefficient (Wildman–Crippen LogP) is 3.50. The molecule has 0 heterocycles. The van der Waals surface area contributed by atoms with E-state index in [1.807, 2.05) is 20.9 Å². The summed E-state index contributed by atoms with van der Waals surface area (Å²) in [5, 5.41) is 3.38. The second-order valence-electron chi connectivity index (χ2n) is 6.83. The van der Waals surface area contributed by atoms with Crippen LogP contribution in [0.25, 0.3) is 0 Å². The van der Waals surface area contributed by atoms with Gasteiger partial charge < -0.3 is 4.90 Å². The molecule has 0 spiro atoms. The highest BCUT2D eigenvalue weighted by atomic mass is 16.2. The van der Waals surface area contributed by atoms with Gasteiger partial charge in [-0.1, -0.05) is 45.0 Å². The third-order valence-electron chi connectivity index (χ3n) is 4.00. The number of nitrogens with zero attached hydrogens (tertiary/aromatic N) is 1. The first-order valence-corrected chi connectivity index (χ1v) is 7.78. The van der Waals surface area contributed by atoms with E-state index in [-0.39, 0.29) is 23.4 Å². The van der Waals surface area contributed by atoms with Gasteiger partial charge in [0.15, 0.2) is 0 Å². The van der Waals surface area contributed by atoms with Gasteiger partial charge in [-0.2, -0.15) is 0 Å². The van der Waals surface area contributed by atoms with Gasteiger partial charge in [-0.05, 0) is 37.3 Å². The fraction of sp³-hybridized carbons (Fsp3) is 0.611. The van der Waals surface area contributed by atoms with Crippen LogP contribution in [0.4, 0.5) is 0 Å². The lowest BCUT2D eigenvalue weighted by atomic mass is 9.86. The number of carbonyl (C=O) groups is 1. The van der Waals surface area contributed by atoms with E-state index in [1.54, 1.807) is 4.90 Å². The Morgan fingerprint density at radius 1 is 1.19 bits per heavy atom. The van der Waals surface area contributed by atoms with Crippen LogP contribution in [0.2, 0.25) is 0 Å². The van der Waals surface area contributed by atoms with Crippen molar-refractivity contribution in [2.24, 2.45) is 0 Å². The zero-order chi connectivity index (χ0) is 16.2. The molecule has 1 rings (SSSR count). The average Bonchev–Trinajstić information content (AvgIpc) is 2.44. The summed E-state index contributed by atoms with van der Waals surface area (Å²) in [6, 6.07) is 8.64. The second-order valence-corrected chi connectivity index (χ2v) is 6.83. The Hall–Kier alpha value is -1.35. The van der Waals surface area contributed by atoms with E-state index in [2.05, 4.69) is 57.3 Å². The molecule has 1 aromatic rings. The lowest BCUT2D eigenvalue weighted by Gasteiger charge is -2.25. The molecule has 3 heteroatoms. The highest BCUT2D eigenvalue weighted by molar-refractivity contribution is 5.81. The third kappa shape index (κ3) is 4.85. The second kappa shape index (κ2) is 7.08. The summed E-state index contributed by atoms with van der Waals surface area (Å²) in [4.78, 5) is 13.8. The number of carbonyl (C=O) groups excluding carboxylic acids is 1. The van der Waals surface area contributed by atoms with Crippen molar-refractivity contribution < 1.29 is 4.79 Å². The van der Waals surface area contributed by atoms with Crippen molar-refractivity contribution >= 4 is 5.91 Å². The van der Waals surface area contributed by atoms with Crippen LogP contribution in [0, 0.1) is 0 Å². The van der Waals surface area contributed by atoms with E-state index in [0.29, 0.717) is 0 Å². The molecule has 1 N–H and O–H groups in total. The van der Waals surface area contributed by atoms with Gasteiger partial charge in [-0.3, -0.25) is 10.1 Å². The molecule has 1 aromatic carbocycles. The van der Waals surface area contributed by atoms with Crippen LogP contribution in [-0.2, 0) is 10.2 Å². The zero-order valence-corrected chi connectivity index (χ0v) is 14.5. The number of hydrogen-bond donors (Lipinski definition) is 1. The van der Waals surface area contributed by atoms with Crippen LogP contribution in [0.5, 0.6) is 0 Å². The van der Waals surface area contributed by atoms with Crippen LogP contribution in [-0.4, -0.2) is 30.4 Å². The Balaban J connectivity index is 2.72. The first kappa shape index (κ1) is 17.7. The van der Waals surface area contributed by atoms with E-state index < -0.39 is 0 Å². The quantitative estimate of drug-likeness (QED) is 0.900. The molecular weight excluding hydrogens is 260 g/mol. The molecule has 21 heavy (non-hydrogen) atoms. The van der Waals surface area contributed by atoms with Gasteiger partial charge >= 0.3 is 0 Å². The molecule has 0 saturated carbocycles. The van der Waals surface area contributed by atoms with Crippen molar-refractivity contribution in [3.05, 3.63) is 35.4 Å². The molecule has 0 radical (unpaired) electrons. The molecular formula is C18H30N2O. The molecule has 0 aliphatic rings. The molecule has 0 bridgehead atoms. The summed E-state index contributed by atoms with van der Waals surface area (Å²) in [6.45, 7) is 13.4. The standard InChI is InChI=1S/C18H30N2O/c1-8-20(7)17(21)14(3)19-13(2)15-9-11-16(12-10-15)18(4,5)6/h9-14,19H,8H2,1-7H3. The number of hydrogen-bond acceptors (Lipinski definition) is 2. The van der Waals surface area contributed by atoms with Crippen LogP contribution in [0.1, 0.15) is 58.7 Å². The third-order valence-corrected chi connectivity index (χ3v) is 4.00. The Labute approximate surface area is 129 Å². The van der Waals surface area contributed by atoms with Crippen LogP contribution in [0.3, 0.4) is 0 Å². The van der Waals surface area contributed by atoms with Gasteiger partial charge in [-0.25, -0.2) is 0 Å². The maximum atomic E-state index is 12.1. The van der Waals surface area contributed by atoms with Crippen molar-refractivity contribution in [2.45, 2.75) is 59.0 Å². The van der Waals surface area contributed by atoms with E-state index in [9.17, 15) is 4.79 Å². The molecule has 1 amide bonds. The van der Waals surface area contributed by atoms with Gasteiger partial charge in [0.1, 0.15) is 0 Å². The molecule has 0 aromatic heterocycles. The van der Waals surface area contributed by atoms with Crippen molar-refractivity contribution in [1.29, 1.82) is 0 Å². The zero-order valence-electron chi connectivity index (χ0n) is 14.5. The number of likely N-dealkylation sites (N-methyl/N-ethyl adjacent to an activating group) is 1. The monoisotopic (exact) mass is 290 g/mol. The summed E-state index contributed by atoms with van der Waals surface area (Å²) in [7, 11) is 1.84. The lowest BCUT2D eigenvalue weighted by molar-refractivity contribution is -0.131. The minimum absolute atomic E-state index is 0.135. The van der Waals surface area contributed by atoms with Crippen molar-refractivity contribution in [3.8, 4) is 0 Å². The largest absolute Gasteiger partial charge is 0.345 e. The number of amides is 1. The lowest BCUT2D eigenvalue weighted by Crippen LogP contribution is -2.43. The molecule has 2 unspecified atom stereocenters. The topological polar surface area (TPSA) is 32.3 Å². The summed E-state index contributed by atoms with van der Waals surface area (Å²) in [6.07, 6.45) is 0. The first-order valence-electron chi connectivity index (χ1n) is 7.78. The van der Waals surface area contributed by atoms with Crippen LogP contribution >= 0.6 is 0 Å². The highest BCUT2D eigenvalue weighted by Crippen LogP contribution is 2.24. The maximum absolute atomic E-state index is 12.1. The smallest absolute Gasteiger partial charge is 0.239 e. The Kier molecular flexibility index (Phi) is 5.97. The minimum atomic E-state index is -0.174. The van der Waals surface area contributed by atoms with Gasteiger partial charge in [0.2, 0.25) is 5.91 Å². The molecule has 3 nitrogen and oxygen atoms in total. The van der Waals surface area contributed by atoms with Crippen LogP contribution < -0.4 is 5.32 Å². The molecule has 2 atom stereocenters. The summed E-state index contributed by atoms with van der Waals surface area (Å²) >= 11 is 0. The molecule has 0 aliphatic heterocycles. The molecule has 0 saturated heterocycles. The van der Waals surface area contributed by atoms with Crippen LogP contribution in [0.15, 0.2) is 24.3 Å². The number of benzene rings is 1. The van der Waals surface area contributed by atoms with E-state index >= 15 is 0 Å². The first-order chi connectivity index (χ1) is 9.66. The summed E-state index contributed by atoms with van der Waals surface area (Å²) < 4.78 is 0. The molecule has 0 aliphatic carbocycles. The minimum Gasteiger partial charge on any atom is -0.345 e. The molecule has 118 valence electrons. The van der Waals surface area contributed by atoms with Gasteiger partial charge in [0.25, 0.3) is 0 Å². The van der Waals surface area contributed by atoms with Gasteiger partial charge in [0.05, 0.1) is 6.04 Å². The van der Waals surface area contributed by atoms with E-state index in [4.69, 9.17) is 0 Å². The Bertz CT molecular complexity index is 459. The van der Waals surface area contributed by atoms with Crippen molar-refractivity contribution in [2.75, 3.05) is 13.6 Å². The SMILES string of the molecule is CCN(C)C(=O)C(C)NC(C)c1ccc(C(C)(C)C)cc1. The Morgan fingerprint density at radius 3 is 2.14 bits per heavy atom.